The van der Waals surface area contributed by atoms with Crippen LogP contribution in [-0.2, 0) is 9.53 Å². The van der Waals surface area contributed by atoms with Gasteiger partial charge in [-0.3, -0.25) is 4.79 Å². The second-order valence-electron chi connectivity index (χ2n) is 3.72. The molecule has 0 aliphatic heterocycles. The maximum atomic E-state index is 11.8. The number of hydrogen-bond acceptors (Lipinski definition) is 2. The summed E-state index contributed by atoms with van der Waals surface area (Å²) >= 11 is 0. The highest BCUT2D eigenvalue weighted by atomic mass is 19.3. The van der Waals surface area contributed by atoms with E-state index in [4.69, 9.17) is 4.74 Å². The molecule has 88 valence electrons. The van der Waals surface area contributed by atoms with Crippen molar-refractivity contribution in [2.45, 2.75) is 44.6 Å². The average molecular weight is 221 g/mol. The molecule has 0 aromatic heterocycles. The van der Waals surface area contributed by atoms with Gasteiger partial charge in [0.15, 0.2) is 0 Å². The number of carbonyl (C=O) groups is 1. The zero-order valence-electron chi connectivity index (χ0n) is 8.68. The van der Waals surface area contributed by atoms with Crippen molar-refractivity contribution in [2.24, 2.45) is 0 Å². The summed E-state index contributed by atoms with van der Waals surface area (Å²) in [6.07, 6.45) is 3.01. The van der Waals surface area contributed by atoms with Gasteiger partial charge in [0.25, 0.3) is 5.91 Å². The molecule has 1 aliphatic rings. The number of hydrogen-bond donors (Lipinski definition) is 1. The molecule has 15 heavy (non-hydrogen) atoms. The van der Waals surface area contributed by atoms with Crippen molar-refractivity contribution in [1.82, 2.24) is 5.32 Å². The van der Waals surface area contributed by atoms with E-state index in [1.807, 2.05) is 0 Å². The summed E-state index contributed by atoms with van der Waals surface area (Å²) in [6.45, 7) is 0.489. The third kappa shape index (κ3) is 5.06. The number of amides is 1. The maximum absolute atomic E-state index is 11.8. The molecule has 0 radical (unpaired) electrons. The summed E-state index contributed by atoms with van der Waals surface area (Å²) < 4.78 is 29.0. The fourth-order valence-corrected chi connectivity index (χ4v) is 1.71. The first kappa shape index (κ1) is 12.4. The maximum Gasteiger partial charge on any atom is 0.315 e. The van der Waals surface area contributed by atoms with Gasteiger partial charge in [-0.05, 0) is 12.8 Å². The van der Waals surface area contributed by atoms with E-state index in [0.717, 1.165) is 12.8 Å². The molecular weight excluding hydrogens is 204 g/mol. The van der Waals surface area contributed by atoms with Crippen molar-refractivity contribution < 1.29 is 18.3 Å². The van der Waals surface area contributed by atoms with Crippen LogP contribution in [0, 0.1) is 0 Å². The number of carbonyl (C=O) groups excluding carboxylic acids is 1. The van der Waals surface area contributed by atoms with Crippen molar-refractivity contribution in [3.63, 3.8) is 0 Å². The van der Waals surface area contributed by atoms with E-state index in [0.29, 0.717) is 6.61 Å². The van der Waals surface area contributed by atoms with Gasteiger partial charge >= 0.3 is 6.43 Å². The molecule has 0 bridgehead atoms. The van der Waals surface area contributed by atoms with Crippen LogP contribution in [0.3, 0.4) is 0 Å². The van der Waals surface area contributed by atoms with E-state index in [1.165, 1.54) is 19.3 Å². The van der Waals surface area contributed by atoms with Gasteiger partial charge < -0.3 is 10.1 Å². The Morgan fingerprint density at radius 2 is 2.00 bits per heavy atom. The van der Waals surface area contributed by atoms with Gasteiger partial charge in [0.1, 0.15) is 0 Å². The Hall–Kier alpha value is -0.710. The third-order valence-corrected chi connectivity index (χ3v) is 2.51. The summed E-state index contributed by atoms with van der Waals surface area (Å²) in [5.41, 5.74) is 0. The Morgan fingerprint density at radius 1 is 1.33 bits per heavy atom. The normalized spacial score (nSPS) is 18.1. The minimum atomic E-state index is -2.93. The minimum absolute atomic E-state index is 0.166. The van der Waals surface area contributed by atoms with Crippen LogP contribution in [0.2, 0.25) is 0 Å². The lowest BCUT2D eigenvalue weighted by molar-refractivity contribution is -0.132. The van der Waals surface area contributed by atoms with Crippen molar-refractivity contribution in [3.8, 4) is 0 Å². The molecule has 1 aliphatic carbocycles. The van der Waals surface area contributed by atoms with Crippen molar-refractivity contribution in [3.05, 3.63) is 0 Å². The zero-order valence-corrected chi connectivity index (χ0v) is 8.68. The van der Waals surface area contributed by atoms with Crippen LogP contribution in [0.4, 0.5) is 8.78 Å². The highest BCUT2D eigenvalue weighted by molar-refractivity contribution is 5.78. The molecule has 0 atom stereocenters. The van der Waals surface area contributed by atoms with E-state index < -0.39 is 12.3 Å². The van der Waals surface area contributed by atoms with E-state index >= 15 is 0 Å². The first-order valence-electron chi connectivity index (χ1n) is 5.37. The number of rotatable bonds is 5. The van der Waals surface area contributed by atoms with Crippen LogP contribution in [0.15, 0.2) is 0 Å². The first-order chi connectivity index (χ1) is 7.20. The van der Waals surface area contributed by atoms with Crippen LogP contribution in [0.5, 0.6) is 0 Å². The summed E-state index contributed by atoms with van der Waals surface area (Å²) in [5.74, 6) is -1.22. The molecule has 0 aromatic rings. The molecule has 1 N–H and O–H groups in total. The van der Waals surface area contributed by atoms with Gasteiger partial charge in [-0.1, -0.05) is 19.3 Å². The summed E-state index contributed by atoms with van der Waals surface area (Å²) in [4.78, 5) is 10.5. The lowest BCUT2D eigenvalue weighted by atomic mass is 9.98. The molecule has 1 rings (SSSR count). The number of halogens is 2. The Labute approximate surface area is 88.2 Å². The molecule has 5 heteroatoms. The van der Waals surface area contributed by atoms with Crippen LogP contribution in [0.25, 0.3) is 0 Å². The van der Waals surface area contributed by atoms with E-state index in [-0.39, 0.29) is 12.6 Å². The number of alkyl halides is 2. The SMILES string of the molecule is O=C(NCCOC1CCCCC1)C(F)F. The van der Waals surface area contributed by atoms with Gasteiger partial charge in [0.05, 0.1) is 12.7 Å². The van der Waals surface area contributed by atoms with Crippen LogP contribution in [0.1, 0.15) is 32.1 Å². The van der Waals surface area contributed by atoms with Gasteiger partial charge in [-0.25, -0.2) is 0 Å². The molecule has 1 saturated carbocycles. The zero-order chi connectivity index (χ0) is 11.1. The minimum Gasteiger partial charge on any atom is -0.376 e. The number of nitrogens with one attached hydrogen (secondary N) is 1. The highest BCUT2D eigenvalue weighted by Gasteiger charge is 2.15. The smallest absolute Gasteiger partial charge is 0.315 e. The standard InChI is InChI=1S/C10H17F2NO2/c11-9(12)10(14)13-6-7-15-8-4-2-1-3-5-8/h8-9H,1-7H2,(H,13,14). The molecule has 0 heterocycles. The lowest BCUT2D eigenvalue weighted by Gasteiger charge is -2.21. The Morgan fingerprint density at radius 3 is 2.60 bits per heavy atom. The predicted molar refractivity (Wildman–Crippen MR) is 51.8 cm³/mol. The molecule has 0 aromatic carbocycles. The van der Waals surface area contributed by atoms with Gasteiger partial charge in [0.2, 0.25) is 0 Å². The topological polar surface area (TPSA) is 38.3 Å². The Kier molecular flexibility index (Phi) is 5.53. The molecule has 0 saturated heterocycles. The summed E-state index contributed by atoms with van der Waals surface area (Å²) in [7, 11) is 0. The fourth-order valence-electron chi connectivity index (χ4n) is 1.71. The Bertz CT molecular complexity index is 194. The fraction of sp³-hybridized carbons (Fsp3) is 0.900. The number of ether oxygens (including phenoxy) is 1. The van der Waals surface area contributed by atoms with Crippen LogP contribution < -0.4 is 5.32 Å². The predicted octanol–water partition coefficient (Wildman–Crippen LogP) is 1.72. The first-order valence-corrected chi connectivity index (χ1v) is 5.37. The third-order valence-electron chi connectivity index (χ3n) is 2.51. The largest absolute Gasteiger partial charge is 0.376 e. The Balaban J connectivity index is 1.98. The quantitative estimate of drug-likeness (QED) is 0.718. The van der Waals surface area contributed by atoms with E-state index in [1.54, 1.807) is 0 Å². The van der Waals surface area contributed by atoms with Crippen molar-refractivity contribution in [2.75, 3.05) is 13.2 Å². The molecule has 3 nitrogen and oxygen atoms in total. The molecule has 0 unspecified atom stereocenters. The molecule has 1 amide bonds. The summed E-state index contributed by atoms with van der Waals surface area (Å²) in [5, 5.41) is 2.11. The van der Waals surface area contributed by atoms with Gasteiger partial charge in [-0.2, -0.15) is 8.78 Å². The molecule has 0 spiro atoms. The molecule has 1 fully saturated rings. The van der Waals surface area contributed by atoms with E-state index in [9.17, 15) is 13.6 Å². The van der Waals surface area contributed by atoms with Crippen LogP contribution >= 0.6 is 0 Å². The average Bonchev–Trinajstić information content (AvgIpc) is 2.25. The summed E-state index contributed by atoms with van der Waals surface area (Å²) in [6, 6.07) is 0. The lowest BCUT2D eigenvalue weighted by Crippen LogP contribution is -2.33. The van der Waals surface area contributed by atoms with Crippen LogP contribution in [-0.4, -0.2) is 31.6 Å². The van der Waals surface area contributed by atoms with E-state index in [2.05, 4.69) is 5.32 Å². The second-order valence-corrected chi connectivity index (χ2v) is 3.72. The second kappa shape index (κ2) is 6.71. The van der Waals surface area contributed by atoms with Gasteiger partial charge in [-0.15, -0.1) is 0 Å². The van der Waals surface area contributed by atoms with Crippen molar-refractivity contribution >= 4 is 5.91 Å². The highest BCUT2D eigenvalue weighted by Crippen LogP contribution is 2.19. The van der Waals surface area contributed by atoms with Gasteiger partial charge in [0, 0.05) is 6.54 Å². The van der Waals surface area contributed by atoms with Crippen molar-refractivity contribution in [1.29, 1.82) is 0 Å². The molecular formula is C10H17F2NO2. The monoisotopic (exact) mass is 221 g/mol.